The van der Waals surface area contributed by atoms with Crippen molar-refractivity contribution >= 4 is 56.4 Å². The van der Waals surface area contributed by atoms with Crippen LogP contribution < -0.4 is 21.6 Å². The fraction of sp³-hybridized carbons (Fsp3) is 0.100. The topological polar surface area (TPSA) is 123 Å². The van der Waals surface area contributed by atoms with Gasteiger partial charge in [0.05, 0.1) is 15.8 Å². The van der Waals surface area contributed by atoms with Gasteiger partial charge in [-0.15, -0.1) is 3.97 Å². The molecule has 0 fully saturated rings. The van der Waals surface area contributed by atoms with Gasteiger partial charge in [0.15, 0.2) is 0 Å². The lowest BCUT2D eigenvalue weighted by molar-refractivity contribution is -0.119. The zero-order chi connectivity index (χ0) is 23.9. The molecule has 2 heterocycles. The van der Waals surface area contributed by atoms with Crippen LogP contribution in [0.5, 0.6) is 0 Å². The first kappa shape index (κ1) is 22.8. The Morgan fingerprint density at radius 1 is 1.06 bits per heavy atom. The van der Waals surface area contributed by atoms with E-state index >= 15 is 0 Å². The molecule has 33 heavy (non-hydrogen) atoms. The first-order chi connectivity index (χ1) is 15.6. The SMILES string of the molecule is CC(=O)NC1C=CN=CN1n1c(=O)n(S(=O)(=O)c2ccc(Cl)cc2)c(=O)c2ccc(Cl)cc21. The van der Waals surface area contributed by atoms with E-state index in [4.69, 9.17) is 23.2 Å². The van der Waals surface area contributed by atoms with Crippen LogP contribution in [-0.2, 0) is 14.8 Å². The molecule has 4 rings (SSSR count). The normalized spacial score (nSPS) is 15.7. The summed E-state index contributed by atoms with van der Waals surface area (Å²) in [5, 5.41) is 4.19. The molecular formula is C20H15Cl2N5O5S. The summed E-state index contributed by atoms with van der Waals surface area (Å²) < 4.78 is 27.7. The van der Waals surface area contributed by atoms with Crippen molar-refractivity contribution < 1.29 is 13.2 Å². The highest BCUT2D eigenvalue weighted by molar-refractivity contribution is 7.90. The molecule has 0 radical (unpaired) electrons. The number of carbonyl (C=O) groups excluding carboxylic acids is 1. The molecule has 0 aliphatic carbocycles. The lowest BCUT2D eigenvalue weighted by Crippen LogP contribution is -2.58. The van der Waals surface area contributed by atoms with Crippen molar-refractivity contribution in [2.45, 2.75) is 18.0 Å². The molecule has 1 aromatic heterocycles. The second kappa shape index (κ2) is 8.50. The lowest BCUT2D eigenvalue weighted by Gasteiger charge is -2.31. The predicted molar refractivity (Wildman–Crippen MR) is 125 cm³/mol. The number of rotatable bonds is 4. The molecule has 2 aromatic carbocycles. The van der Waals surface area contributed by atoms with Crippen LogP contribution in [0.2, 0.25) is 10.0 Å². The van der Waals surface area contributed by atoms with Gasteiger partial charge in [0, 0.05) is 23.2 Å². The number of hydrogen-bond acceptors (Lipinski definition) is 7. The van der Waals surface area contributed by atoms with Gasteiger partial charge in [0.25, 0.3) is 15.6 Å². The number of fused-ring (bicyclic) bond motifs is 1. The number of aromatic nitrogens is 2. The van der Waals surface area contributed by atoms with Crippen molar-refractivity contribution in [3.63, 3.8) is 0 Å². The molecule has 0 saturated carbocycles. The molecule has 1 atom stereocenters. The third-order valence-corrected chi connectivity index (χ3v) is 6.87. The fourth-order valence-electron chi connectivity index (χ4n) is 3.29. The van der Waals surface area contributed by atoms with E-state index in [1.54, 1.807) is 0 Å². The summed E-state index contributed by atoms with van der Waals surface area (Å²) in [4.78, 5) is 42.1. The maximum Gasteiger partial charge on any atom is 0.365 e. The van der Waals surface area contributed by atoms with Gasteiger partial charge in [0.2, 0.25) is 5.91 Å². The molecule has 1 aliphatic rings. The predicted octanol–water partition coefficient (Wildman–Crippen LogP) is 1.66. The minimum Gasteiger partial charge on any atom is -0.331 e. The Kier molecular flexibility index (Phi) is 5.87. The Morgan fingerprint density at radius 2 is 1.73 bits per heavy atom. The fourth-order valence-corrected chi connectivity index (χ4v) is 4.87. The van der Waals surface area contributed by atoms with Crippen LogP contribution in [0.15, 0.2) is 74.2 Å². The summed E-state index contributed by atoms with van der Waals surface area (Å²) in [6, 6.07) is 9.08. The summed E-state index contributed by atoms with van der Waals surface area (Å²) in [7, 11) is -4.62. The summed E-state index contributed by atoms with van der Waals surface area (Å²) in [6.07, 6.45) is 3.20. The van der Waals surface area contributed by atoms with Crippen molar-refractivity contribution in [3.05, 3.63) is 85.6 Å². The number of amides is 1. The Hall–Kier alpha value is -3.41. The average molecular weight is 508 g/mol. The van der Waals surface area contributed by atoms with Crippen LogP contribution in [0.1, 0.15) is 6.92 Å². The largest absolute Gasteiger partial charge is 0.365 e. The Bertz CT molecular complexity index is 1560. The highest BCUT2D eigenvalue weighted by atomic mass is 35.5. The molecule has 1 unspecified atom stereocenters. The van der Waals surface area contributed by atoms with Gasteiger partial charge in [-0.05, 0) is 48.5 Å². The Morgan fingerprint density at radius 3 is 2.39 bits per heavy atom. The van der Waals surface area contributed by atoms with Crippen molar-refractivity contribution in [1.29, 1.82) is 0 Å². The second-order valence-electron chi connectivity index (χ2n) is 6.92. The molecule has 13 heteroatoms. The summed E-state index contributed by atoms with van der Waals surface area (Å²) in [5.74, 6) is -0.414. The maximum absolute atomic E-state index is 13.6. The number of halogens is 2. The number of aliphatic imine (C=N–C) groups is 1. The zero-order valence-corrected chi connectivity index (χ0v) is 19.2. The molecule has 0 saturated heterocycles. The third kappa shape index (κ3) is 4.06. The zero-order valence-electron chi connectivity index (χ0n) is 16.8. The van der Waals surface area contributed by atoms with E-state index in [0.29, 0.717) is 0 Å². The van der Waals surface area contributed by atoms with E-state index < -0.39 is 33.3 Å². The smallest absolute Gasteiger partial charge is 0.331 e. The van der Waals surface area contributed by atoms with Gasteiger partial charge in [-0.2, -0.15) is 4.68 Å². The van der Waals surface area contributed by atoms with E-state index in [1.165, 1.54) is 73.0 Å². The van der Waals surface area contributed by atoms with Crippen LogP contribution in [0.3, 0.4) is 0 Å². The van der Waals surface area contributed by atoms with E-state index in [-0.39, 0.29) is 29.8 Å². The second-order valence-corrected chi connectivity index (χ2v) is 9.58. The quantitative estimate of drug-likeness (QED) is 0.572. The molecule has 1 N–H and O–H groups in total. The molecule has 10 nitrogen and oxygen atoms in total. The summed E-state index contributed by atoms with van der Waals surface area (Å²) in [6.45, 7) is 1.28. The van der Waals surface area contributed by atoms with Gasteiger partial charge in [-0.1, -0.05) is 23.2 Å². The molecule has 0 spiro atoms. The van der Waals surface area contributed by atoms with Crippen LogP contribution >= 0.6 is 23.2 Å². The van der Waals surface area contributed by atoms with E-state index in [0.717, 1.165) is 4.68 Å². The number of benzene rings is 2. The average Bonchev–Trinajstić information content (AvgIpc) is 2.74. The third-order valence-electron chi connectivity index (χ3n) is 4.72. The van der Waals surface area contributed by atoms with E-state index in [1.807, 2.05) is 0 Å². The van der Waals surface area contributed by atoms with Gasteiger partial charge in [0.1, 0.15) is 12.5 Å². The Labute approximate surface area is 197 Å². The van der Waals surface area contributed by atoms with Gasteiger partial charge >= 0.3 is 5.69 Å². The van der Waals surface area contributed by atoms with Crippen LogP contribution in [-0.4, -0.2) is 35.5 Å². The van der Waals surface area contributed by atoms with Crippen LogP contribution in [0, 0.1) is 0 Å². The summed E-state index contributed by atoms with van der Waals surface area (Å²) >= 11 is 11.9. The molecular weight excluding hydrogens is 493 g/mol. The first-order valence-electron chi connectivity index (χ1n) is 9.35. The van der Waals surface area contributed by atoms with Crippen LogP contribution in [0.25, 0.3) is 10.9 Å². The lowest BCUT2D eigenvalue weighted by atomic mass is 10.2. The van der Waals surface area contributed by atoms with Gasteiger partial charge < -0.3 is 5.32 Å². The maximum atomic E-state index is 13.6. The van der Waals surface area contributed by atoms with Gasteiger partial charge in [-0.3, -0.25) is 9.59 Å². The number of hydrogen-bond donors (Lipinski definition) is 1. The van der Waals surface area contributed by atoms with Crippen molar-refractivity contribution in [3.8, 4) is 0 Å². The van der Waals surface area contributed by atoms with Crippen LogP contribution in [0.4, 0.5) is 0 Å². The van der Waals surface area contributed by atoms with Crippen molar-refractivity contribution in [1.82, 2.24) is 14.0 Å². The minimum atomic E-state index is -4.62. The van der Waals surface area contributed by atoms with Gasteiger partial charge in [-0.25, -0.2) is 23.2 Å². The highest BCUT2D eigenvalue weighted by Gasteiger charge is 2.29. The van der Waals surface area contributed by atoms with Crippen molar-refractivity contribution in [2.75, 3.05) is 5.01 Å². The number of nitrogens with zero attached hydrogens (tertiary/aromatic N) is 4. The summed E-state index contributed by atoms with van der Waals surface area (Å²) in [5.41, 5.74) is -2.24. The number of nitrogens with one attached hydrogen (secondary N) is 1. The molecule has 170 valence electrons. The Balaban J connectivity index is 2.08. The minimum absolute atomic E-state index is 0.0251. The molecule has 3 aromatic rings. The monoisotopic (exact) mass is 507 g/mol. The molecule has 1 amide bonds. The van der Waals surface area contributed by atoms with E-state index in [2.05, 4.69) is 10.3 Å². The standard InChI is InChI=1S/C20H15Cl2N5O5S/c1-12(28)24-18-8-9-23-11-25(18)26-17-10-14(22)4-7-16(17)19(29)27(20(26)30)33(31,32)15-5-2-13(21)3-6-15/h2-11,18H,1H3,(H,24,28). The van der Waals surface area contributed by atoms with Crippen molar-refractivity contribution in [2.24, 2.45) is 4.99 Å². The number of carbonyl (C=O) groups is 1. The first-order valence-corrected chi connectivity index (χ1v) is 11.5. The van der Waals surface area contributed by atoms with E-state index in [9.17, 15) is 22.8 Å². The molecule has 1 aliphatic heterocycles. The highest BCUT2D eigenvalue weighted by Crippen LogP contribution is 2.19. The molecule has 0 bridgehead atoms.